The summed E-state index contributed by atoms with van der Waals surface area (Å²) in [4.78, 5) is 22.7. The summed E-state index contributed by atoms with van der Waals surface area (Å²) in [6, 6.07) is 4.69. The molecule has 0 aliphatic heterocycles. The lowest BCUT2D eigenvalue weighted by Crippen LogP contribution is -2.12. The minimum absolute atomic E-state index is 0.137. The van der Waals surface area contributed by atoms with Gasteiger partial charge in [0.15, 0.2) is 0 Å². The van der Waals surface area contributed by atoms with Crippen molar-refractivity contribution in [3.05, 3.63) is 23.8 Å². The van der Waals surface area contributed by atoms with Crippen molar-refractivity contribution < 1.29 is 23.8 Å². The van der Waals surface area contributed by atoms with Crippen LogP contribution >= 0.6 is 0 Å². The van der Waals surface area contributed by atoms with Gasteiger partial charge in [0.25, 0.3) is 0 Å². The minimum Gasteiger partial charge on any atom is -0.497 e. The van der Waals surface area contributed by atoms with Crippen LogP contribution in [0.4, 0.5) is 0 Å². The van der Waals surface area contributed by atoms with Crippen LogP contribution in [0.2, 0.25) is 0 Å². The molecule has 0 amide bonds. The molecule has 1 rings (SSSR count). The Labute approximate surface area is 99.3 Å². The highest BCUT2D eigenvalue weighted by molar-refractivity contribution is 5.99. The first kappa shape index (κ1) is 13.0. The Hall–Kier alpha value is -2.04. The molecular formula is C12H14O5. The fourth-order valence-electron chi connectivity index (χ4n) is 1.20. The highest BCUT2D eigenvalue weighted by Crippen LogP contribution is 2.24. The maximum Gasteiger partial charge on any atom is 0.349 e. The van der Waals surface area contributed by atoms with Gasteiger partial charge in [-0.15, -0.1) is 0 Å². The van der Waals surface area contributed by atoms with Crippen molar-refractivity contribution in [2.75, 3.05) is 14.2 Å². The number of methoxy groups -OCH3 is 2. The van der Waals surface area contributed by atoms with Gasteiger partial charge in [0.2, 0.25) is 0 Å². The van der Waals surface area contributed by atoms with Crippen LogP contribution in [0, 0.1) is 0 Å². The number of hydrogen-bond acceptors (Lipinski definition) is 5. The molecule has 0 atom stereocenters. The Kier molecular flexibility index (Phi) is 4.51. The van der Waals surface area contributed by atoms with Gasteiger partial charge in [0.1, 0.15) is 17.1 Å². The first-order chi connectivity index (χ1) is 8.12. The van der Waals surface area contributed by atoms with E-state index in [1.54, 1.807) is 19.1 Å². The normalized spacial score (nSPS) is 9.59. The zero-order chi connectivity index (χ0) is 12.8. The SMILES string of the molecule is CCC(=O)OC(=O)c1cc(OC)ccc1OC. The van der Waals surface area contributed by atoms with Crippen LogP contribution in [0.25, 0.3) is 0 Å². The minimum atomic E-state index is -0.743. The van der Waals surface area contributed by atoms with E-state index in [-0.39, 0.29) is 12.0 Å². The third-order valence-corrected chi connectivity index (χ3v) is 2.12. The predicted molar refractivity (Wildman–Crippen MR) is 60.3 cm³/mol. The van der Waals surface area contributed by atoms with E-state index >= 15 is 0 Å². The average molecular weight is 238 g/mol. The van der Waals surface area contributed by atoms with Crippen molar-refractivity contribution in [3.63, 3.8) is 0 Å². The molecule has 0 unspecified atom stereocenters. The maximum atomic E-state index is 11.7. The molecule has 0 spiro atoms. The zero-order valence-corrected chi connectivity index (χ0v) is 9.98. The summed E-state index contributed by atoms with van der Waals surface area (Å²) < 4.78 is 14.6. The molecule has 0 fully saturated rings. The van der Waals surface area contributed by atoms with Gasteiger partial charge in [0.05, 0.1) is 14.2 Å². The van der Waals surface area contributed by atoms with Crippen molar-refractivity contribution in [2.45, 2.75) is 13.3 Å². The molecule has 0 heterocycles. The van der Waals surface area contributed by atoms with E-state index in [0.29, 0.717) is 11.5 Å². The third kappa shape index (κ3) is 3.21. The van der Waals surface area contributed by atoms with Gasteiger partial charge in [-0.3, -0.25) is 4.79 Å². The first-order valence-electron chi connectivity index (χ1n) is 5.09. The van der Waals surface area contributed by atoms with Crippen LogP contribution in [-0.4, -0.2) is 26.2 Å². The quantitative estimate of drug-likeness (QED) is 0.591. The van der Waals surface area contributed by atoms with Crippen molar-refractivity contribution in [1.82, 2.24) is 0 Å². The van der Waals surface area contributed by atoms with E-state index in [1.165, 1.54) is 20.3 Å². The summed E-state index contributed by atoms with van der Waals surface area (Å²) in [6.45, 7) is 1.61. The summed E-state index contributed by atoms with van der Waals surface area (Å²) in [5, 5.41) is 0. The molecule has 5 heteroatoms. The molecule has 17 heavy (non-hydrogen) atoms. The number of hydrogen-bond donors (Lipinski definition) is 0. The molecule has 0 bridgehead atoms. The fraction of sp³-hybridized carbons (Fsp3) is 0.333. The van der Waals surface area contributed by atoms with E-state index in [9.17, 15) is 9.59 Å². The highest BCUT2D eigenvalue weighted by Gasteiger charge is 2.17. The van der Waals surface area contributed by atoms with Crippen LogP contribution in [0.15, 0.2) is 18.2 Å². The summed E-state index contributed by atoms with van der Waals surface area (Å²) in [6.07, 6.45) is 0.137. The number of benzene rings is 1. The number of ether oxygens (including phenoxy) is 3. The van der Waals surface area contributed by atoms with E-state index in [4.69, 9.17) is 9.47 Å². The van der Waals surface area contributed by atoms with Crippen molar-refractivity contribution >= 4 is 11.9 Å². The van der Waals surface area contributed by atoms with E-state index in [0.717, 1.165) is 0 Å². The molecule has 0 saturated carbocycles. The Balaban J connectivity index is 3.01. The lowest BCUT2D eigenvalue weighted by molar-refractivity contribution is -0.137. The lowest BCUT2D eigenvalue weighted by Gasteiger charge is -2.09. The average Bonchev–Trinajstić information content (AvgIpc) is 2.37. The second-order valence-electron chi connectivity index (χ2n) is 3.18. The van der Waals surface area contributed by atoms with Gasteiger partial charge in [-0.1, -0.05) is 6.92 Å². The fourth-order valence-corrected chi connectivity index (χ4v) is 1.20. The van der Waals surface area contributed by atoms with Crippen LogP contribution in [0.3, 0.4) is 0 Å². The van der Waals surface area contributed by atoms with E-state index in [1.807, 2.05) is 0 Å². The smallest absolute Gasteiger partial charge is 0.349 e. The Morgan fingerprint density at radius 3 is 2.41 bits per heavy atom. The van der Waals surface area contributed by atoms with Crippen molar-refractivity contribution in [1.29, 1.82) is 0 Å². The summed E-state index contributed by atoms with van der Waals surface area (Å²) in [7, 11) is 2.91. The summed E-state index contributed by atoms with van der Waals surface area (Å²) >= 11 is 0. The van der Waals surface area contributed by atoms with Gasteiger partial charge in [-0.05, 0) is 18.2 Å². The lowest BCUT2D eigenvalue weighted by atomic mass is 10.2. The molecule has 1 aromatic rings. The third-order valence-electron chi connectivity index (χ3n) is 2.12. The maximum absolute atomic E-state index is 11.7. The molecule has 0 saturated heterocycles. The second-order valence-corrected chi connectivity index (χ2v) is 3.18. The number of carbonyl (C=O) groups excluding carboxylic acids is 2. The predicted octanol–water partition coefficient (Wildman–Crippen LogP) is 1.80. The Morgan fingerprint density at radius 2 is 1.88 bits per heavy atom. The number of rotatable bonds is 4. The number of esters is 2. The second kappa shape index (κ2) is 5.89. The topological polar surface area (TPSA) is 61.8 Å². The van der Waals surface area contributed by atoms with Crippen molar-refractivity contribution in [2.24, 2.45) is 0 Å². The largest absolute Gasteiger partial charge is 0.497 e. The van der Waals surface area contributed by atoms with Gasteiger partial charge < -0.3 is 14.2 Å². The van der Waals surface area contributed by atoms with Gasteiger partial charge in [0, 0.05) is 6.42 Å². The molecule has 5 nitrogen and oxygen atoms in total. The summed E-state index contributed by atoms with van der Waals surface area (Å²) in [5.41, 5.74) is 0.161. The molecular weight excluding hydrogens is 224 g/mol. The van der Waals surface area contributed by atoms with Gasteiger partial charge >= 0.3 is 11.9 Å². The molecule has 0 aromatic heterocycles. The highest BCUT2D eigenvalue weighted by atomic mass is 16.6. The van der Waals surface area contributed by atoms with Crippen LogP contribution in [-0.2, 0) is 9.53 Å². The standard InChI is InChI=1S/C12H14O5/c1-4-11(13)17-12(14)9-7-8(15-2)5-6-10(9)16-3/h5-7H,4H2,1-3H3. The Morgan fingerprint density at radius 1 is 1.18 bits per heavy atom. The van der Waals surface area contributed by atoms with Crippen molar-refractivity contribution in [3.8, 4) is 11.5 Å². The molecule has 92 valence electrons. The number of carbonyl (C=O) groups is 2. The van der Waals surface area contributed by atoms with Crippen LogP contribution in [0.5, 0.6) is 11.5 Å². The molecule has 0 radical (unpaired) electrons. The van der Waals surface area contributed by atoms with Crippen LogP contribution in [0.1, 0.15) is 23.7 Å². The molecule has 0 aliphatic carbocycles. The summed E-state index contributed by atoms with van der Waals surface area (Å²) in [5.74, 6) is -0.506. The van der Waals surface area contributed by atoms with Crippen LogP contribution < -0.4 is 9.47 Å². The van der Waals surface area contributed by atoms with E-state index in [2.05, 4.69) is 4.74 Å². The molecule has 1 aromatic carbocycles. The Bertz CT molecular complexity index is 425. The molecule has 0 aliphatic rings. The van der Waals surface area contributed by atoms with Gasteiger partial charge in [-0.2, -0.15) is 0 Å². The zero-order valence-electron chi connectivity index (χ0n) is 9.98. The first-order valence-corrected chi connectivity index (χ1v) is 5.09. The monoisotopic (exact) mass is 238 g/mol. The van der Waals surface area contributed by atoms with E-state index < -0.39 is 11.9 Å². The molecule has 0 N–H and O–H groups in total. The van der Waals surface area contributed by atoms with Gasteiger partial charge in [-0.25, -0.2) is 4.79 Å².